The van der Waals surface area contributed by atoms with Crippen molar-refractivity contribution in [2.75, 3.05) is 5.73 Å². The van der Waals surface area contributed by atoms with Crippen molar-refractivity contribution in [1.29, 1.82) is 0 Å². The molecular weight excluding hydrogens is 229 g/mol. The minimum absolute atomic E-state index is 0.141. The molecule has 2 N–H and O–H groups in total. The van der Waals surface area contributed by atoms with Gasteiger partial charge >= 0.3 is 6.18 Å². The summed E-state index contributed by atoms with van der Waals surface area (Å²) in [5, 5.41) is 0. The van der Waals surface area contributed by atoms with Crippen molar-refractivity contribution < 1.29 is 13.2 Å². The molecule has 0 bridgehead atoms. The van der Waals surface area contributed by atoms with Gasteiger partial charge in [0.1, 0.15) is 5.56 Å². The number of pyridine rings is 1. The predicted octanol–water partition coefficient (Wildman–Crippen LogP) is 3.35. The molecule has 0 atom stereocenters. The van der Waals surface area contributed by atoms with Crippen LogP contribution in [-0.2, 0) is 6.18 Å². The zero-order valence-electron chi connectivity index (χ0n) is 8.70. The van der Waals surface area contributed by atoms with Crippen molar-refractivity contribution >= 4 is 5.69 Å². The largest absolute Gasteiger partial charge is 0.420 e. The average molecular weight is 238 g/mol. The molecule has 88 valence electrons. The van der Waals surface area contributed by atoms with Crippen molar-refractivity contribution in [2.45, 2.75) is 6.18 Å². The lowest BCUT2D eigenvalue weighted by atomic mass is 10.0. The van der Waals surface area contributed by atoms with Crippen LogP contribution in [0, 0.1) is 0 Å². The van der Waals surface area contributed by atoms with Crippen LogP contribution in [0.3, 0.4) is 0 Å². The second-order valence-corrected chi connectivity index (χ2v) is 3.49. The van der Waals surface area contributed by atoms with Gasteiger partial charge in [0.25, 0.3) is 0 Å². The molecule has 2 aromatic rings. The van der Waals surface area contributed by atoms with Crippen LogP contribution in [0.25, 0.3) is 11.3 Å². The summed E-state index contributed by atoms with van der Waals surface area (Å²) in [5.41, 5.74) is 4.44. The van der Waals surface area contributed by atoms with Crippen LogP contribution in [0.1, 0.15) is 5.56 Å². The molecule has 0 saturated carbocycles. The highest BCUT2D eigenvalue weighted by Gasteiger charge is 2.36. The number of nitrogen functional groups attached to an aromatic ring is 1. The standard InChI is InChI=1S/C12H9F3N2/c13-12(14,15)10-9(16)6-7-17-11(10)8-4-2-1-3-5-8/h1-7H,(H2,16,17). The van der Waals surface area contributed by atoms with Crippen LogP contribution >= 0.6 is 0 Å². The Morgan fingerprint density at radius 2 is 1.65 bits per heavy atom. The average Bonchev–Trinajstić information content (AvgIpc) is 2.28. The fourth-order valence-electron chi connectivity index (χ4n) is 1.59. The predicted molar refractivity (Wildman–Crippen MR) is 59.1 cm³/mol. The number of anilines is 1. The molecule has 0 fully saturated rings. The number of nitrogens with two attached hydrogens (primary N) is 1. The van der Waals surface area contributed by atoms with Gasteiger partial charge in [0.15, 0.2) is 0 Å². The molecule has 2 nitrogen and oxygen atoms in total. The van der Waals surface area contributed by atoms with Gasteiger partial charge in [0.2, 0.25) is 0 Å². The van der Waals surface area contributed by atoms with E-state index in [1.165, 1.54) is 6.20 Å². The highest BCUT2D eigenvalue weighted by Crippen LogP contribution is 2.39. The molecule has 0 unspecified atom stereocenters. The molecule has 0 aliphatic heterocycles. The van der Waals surface area contributed by atoms with Crippen LogP contribution in [0.2, 0.25) is 0 Å². The molecule has 1 heterocycles. The second-order valence-electron chi connectivity index (χ2n) is 3.49. The lowest BCUT2D eigenvalue weighted by Crippen LogP contribution is -2.12. The van der Waals surface area contributed by atoms with E-state index in [2.05, 4.69) is 4.98 Å². The molecule has 1 aromatic carbocycles. The first kappa shape index (κ1) is 11.4. The Bertz CT molecular complexity index is 521. The van der Waals surface area contributed by atoms with E-state index >= 15 is 0 Å². The monoisotopic (exact) mass is 238 g/mol. The molecule has 0 saturated heterocycles. The van der Waals surface area contributed by atoms with E-state index in [0.717, 1.165) is 6.07 Å². The Labute approximate surface area is 95.9 Å². The van der Waals surface area contributed by atoms with Crippen LogP contribution in [-0.4, -0.2) is 4.98 Å². The number of nitrogens with zero attached hydrogens (tertiary/aromatic N) is 1. The number of aromatic nitrogens is 1. The third kappa shape index (κ3) is 2.22. The number of benzene rings is 1. The minimum atomic E-state index is -4.51. The third-order valence-electron chi connectivity index (χ3n) is 2.31. The molecule has 0 radical (unpaired) electrons. The number of rotatable bonds is 1. The summed E-state index contributed by atoms with van der Waals surface area (Å²) in [6.07, 6.45) is -3.24. The summed E-state index contributed by atoms with van der Waals surface area (Å²) in [5.74, 6) is 0. The summed E-state index contributed by atoms with van der Waals surface area (Å²) in [6.45, 7) is 0. The molecule has 0 aliphatic carbocycles. The molecule has 0 spiro atoms. The van der Waals surface area contributed by atoms with E-state index in [9.17, 15) is 13.2 Å². The first-order valence-electron chi connectivity index (χ1n) is 4.87. The number of halogens is 3. The first-order valence-corrected chi connectivity index (χ1v) is 4.87. The summed E-state index contributed by atoms with van der Waals surface area (Å²) in [6, 6.07) is 9.31. The van der Waals surface area contributed by atoms with Crippen molar-refractivity contribution in [3.05, 3.63) is 48.2 Å². The lowest BCUT2D eigenvalue weighted by Gasteiger charge is -2.14. The third-order valence-corrected chi connectivity index (χ3v) is 2.31. The first-order chi connectivity index (χ1) is 8.00. The fourth-order valence-corrected chi connectivity index (χ4v) is 1.59. The van der Waals surface area contributed by atoms with E-state index in [4.69, 9.17) is 5.73 Å². The van der Waals surface area contributed by atoms with Gasteiger partial charge in [-0.15, -0.1) is 0 Å². The van der Waals surface area contributed by atoms with Gasteiger partial charge < -0.3 is 5.73 Å². The lowest BCUT2D eigenvalue weighted by molar-refractivity contribution is -0.136. The highest BCUT2D eigenvalue weighted by atomic mass is 19.4. The quantitative estimate of drug-likeness (QED) is 0.827. The van der Waals surface area contributed by atoms with Crippen LogP contribution in [0.15, 0.2) is 42.6 Å². The Morgan fingerprint density at radius 3 is 2.24 bits per heavy atom. The SMILES string of the molecule is Nc1ccnc(-c2ccccc2)c1C(F)(F)F. The smallest absolute Gasteiger partial charge is 0.398 e. The highest BCUT2D eigenvalue weighted by molar-refractivity contribution is 5.69. The van der Waals surface area contributed by atoms with Gasteiger partial charge in [-0.25, -0.2) is 0 Å². The van der Waals surface area contributed by atoms with Crippen LogP contribution < -0.4 is 5.73 Å². The van der Waals surface area contributed by atoms with Crippen molar-refractivity contribution in [3.8, 4) is 11.3 Å². The molecular formula is C12H9F3N2. The van der Waals surface area contributed by atoms with E-state index in [1.54, 1.807) is 30.3 Å². The minimum Gasteiger partial charge on any atom is -0.398 e. The maximum absolute atomic E-state index is 12.9. The summed E-state index contributed by atoms with van der Waals surface area (Å²) >= 11 is 0. The Balaban J connectivity index is 2.67. The van der Waals surface area contributed by atoms with E-state index < -0.39 is 11.7 Å². The number of hydrogen-bond donors (Lipinski definition) is 1. The van der Waals surface area contributed by atoms with Crippen LogP contribution in [0.5, 0.6) is 0 Å². The summed E-state index contributed by atoms with van der Waals surface area (Å²) in [4.78, 5) is 3.78. The van der Waals surface area contributed by atoms with Crippen molar-refractivity contribution in [2.24, 2.45) is 0 Å². The summed E-state index contributed by atoms with van der Waals surface area (Å²) in [7, 11) is 0. The van der Waals surface area contributed by atoms with Crippen LogP contribution in [0.4, 0.5) is 18.9 Å². The number of alkyl halides is 3. The fraction of sp³-hybridized carbons (Fsp3) is 0.0833. The van der Waals surface area contributed by atoms with Crippen molar-refractivity contribution in [3.63, 3.8) is 0 Å². The normalized spacial score (nSPS) is 11.5. The Morgan fingerprint density at radius 1 is 1.00 bits per heavy atom. The molecule has 2 rings (SSSR count). The van der Waals surface area contributed by atoms with Gasteiger partial charge in [0.05, 0.1) is 5.69 Å². The molecule has 17 heavy (non-hydrogen) atoms. The van der Waals surface area contributed by atoms with Crippen molar-refractivity contribution in [1.82, 2.24) is 4.98 Å². The molecule has 5 heteroatoms. The van der Waals surface area contributed by atoms with E-state index in [1.807, 2.05) is 0 Å². The van der Waals surface area contributed by atoms with E-state index in [0.29, 0.717) is 5.56 Å². The van der Waals surface area contributed by atoms with Gasteiger partial charge in [-0.1, -0.05) is 30.3 Å². The van der Waals surface area contributed by atoms with Gasteiger partial charge in [-0.2, -0.15) is 13.2 Å². The molecule has 0 aliphatic rings. The zero-order valence-corrected chi connectivity index (χ0v) is 8.70. The van der Waals surface area contributed by atoms with Gasteiger partial charge in [-0.05, 0) is 6.07 Å². The van der Waals surface area contributed by atoms with E-state index in [-0.39, 0.29) is 11.4 Å². The van der Waals surface area contributed by atoms with Gasteiger partial charge in [0, 0.05) is 17.4 Å². The second kappa shape index (κ2) is 4.08. The maximum Gasteiger partial charge on any atom is 0.420 e. The van der Waals surface area contributed by atoms with Gasteiger partial charge in [-0.3, -0.25) is 4.98 Å². The maximum atomic E-state index is 12.9. The molecule has 0 amide bonds. The Kier molecular flexibility index (Phi) is 2.75. The summed E-state index contributed by atoms with van der Waals surface area (Å²) < 4.78 is 38.6. The topological polar surface area (TPSA) is 38.9 Å². The number of hydrogen-bond acceptors (Lipinski definition) is 2. The Hall–Kier alpha value is -2.04. The zero-order chi connectivity index (χ0) is 12.5. The molecule has 1 aromatic heterocycles.